The van der Waals surface area contributed by atoms with Gasteiger partial charge in [0.1, 0.15) is 10.6 Å². The van der Waals surface area contributed by atoms with Crippen molar-refractivity contribution in [1.29, 1.82) is 0 Å². The number of nitrogens with one attached hydrogen (secondary N) is 1. The number of ether oxygens (including phenoxy) is 1. The van der Waals surface area contributed by atoms with Gasteiger partial charge >= 0.3 is 6.01 Å². The molecular weight excluding hydrogens is 388 g/mol. The summed E-state index contributed by atoms with van der Waals surface area (Å²) >= 11 is 0. The number of para-hydroxylation sites is 2. The molecule has 0 fully saturated rings. The van der Waals surface area contributed by atoms with Crippen molar-refractivity contribution in [3.8, 4) is 11.8 Å². The Balaban J connectivity index is 1.68. The van der Waals surface area contributed by atoms with Gasteiger partial charge in [0.25, 0.3) is 10.0 Å². The van der Waals surface area contributed by atoms with Gasteiger partial charge in [-0.2, -0.15) is 9.97 Å². The van der Waals surface area contributed by atoms with Gasteiger partial charge in [-0.05, 0) is 38.1 Å². The van der Waals surface area contributed by atoms with Crippen molar-refractivity contribution >= 4 is 26.6 Å². The SMILES string of the molecule is Cc1nc(Oc2ccccc2)nc(C)c1NS(=O)(=O)c1cccc2cccnc12. The van der Waals surface area contributed by atoms with Gasteiger partial charge in [0.2, 0.25) is 0 Å². The molecule has 146 valence electrons. The first-order valence-corrected chi connectivity index (χ1v) is 10.4. The molecule has 0 unspecified atom stereocenters. The molecule has 0 radical (unpaired) electrons. The zero-order valence-corrected chi connectivity index (χ0v) is 16.6. The van der Waals surface area contributed by atoms with Gasteiger partial charge < -0.3 is 4.74 Å². The topological polar surface area (TPSA) is 94.1 Å². The molecule has 2 aromatic heterocycles. The van der Waals surface area contributed by atoms with Crippen LogP contribution in [0.5, 0.6) is 11.8 Å². The molecule has 0 bridgehead atoms. The third kappa shape index (κ3) is 3.88. The summed E-state index contributed by atoms with van der Waals surface area (Å²) in [6, 6.07) is 17.9. The van der Waals surface area contributed by atoms with Crippen LogP contribution in [-0.4, -0.2) is 23.4 Å². The molecule has 1 N–H and O–H groups in total. The highest BCUT2D eigenvalue weighted by Crippen LogP contribution is 2.27. The lowest BCUT2D eigenvalue weighted by Crippen LogP contribution is -2.16. The zero-order valence-electron chi connectivity index (χ0n) is 15.8. The number of rotatable bonds is 5. The maximum atomic E-state index is 13.1. The minimum atomic E-state index is -3.89. The Morgan fingerprint density at radius 2 is 1.55 bits per heavy atom. The minimum Gasteiger partial charge on any atom is -0.424 e. The van der Waals surface area contributed by atoms with Crippen LogP contribution in [0.25, 0.3) is 10.9 Å². The van der Waals surface area contributed by atoms with Gasteiger partial charge in [-0.15, -0.1) is 0 Å². The van der Waals surface area contributed by atoms with Gasteiger partial charge in [0, 0.05) is 11.6 Å². The van der Waals surface area contributed by atoms with E-state index in [0.29, 0.717) is 28.3 Å². The molecule has 0 saturated carbocycles. The summed E-state index contributed by atoms with van der Waals surface area (Å²) in [4.78, 5) is 12.9. The van der Waals surface area contributed by atoms with Crippen LogP contribution in [0.3, 0.4) is 0 Å². The van der Waals surface area contributed by atoms with E-state index in [-0.39, 0.29) is 10.9 Å². The number of fused-ring (bicyclic) bond motifs is 1. The number of anilines is 1. The fourth-order valence-electron chi connectivity index (χ4n) is 2.96. The smallest absolute Gasteiger partial charge is 0.322 e. The molecule has 0 spiro atoms. The average molecular weight is 406 g/mol. The molecule has 29 heavy (non-hydrogen) atoms. The number of hydrogen-bond donors (Lipinski definition) is 1. The van der Waals surface area contributed by atoms with Crippen LogP contribution in [0.15, 0.2) is 71.8 Å². The third-order valence-corrected chi connectivity index (χ3v) is 5.71. The molecule has 0 amide bonds. The monoisotopic (exact) mass is 406 g/mol. The van der Waals surface area contributed by atoms with Crippen LogP contribution in [0.2, 0.25) is 0 Å². The van der Waals surface area contributed by atoms with Gasteiger partial charge in [0.15, 0.2) is 0 Å². The number of sulfonamides is 1. The van der Waals surface area contributed by atoms with E-state index in [4.69, 9.17) is 4.74 Å². The highest BCUT2D eigenvalue weighted by atomic mass is 32.2. The van der Waals surface area contributed by atoms with Crippen LogP contribution in [0, 0.1) is 13.8 Å². The third-order valence-electron chi connectivity index (χ3n) is 4.32. The highest BCUT2D eigenvalue weighted by molar-refractivity contribution is 7.93. The molecule has 0 aliphatic rings. The molecule has 4 rings (SSSR count). The lowest BCUT2D eigenvalue weighted by atomic mass is 10.2. The number of aromatic nitrogens is 3. The molecule has 0 aliphatic carbocycles. The van der Waals surface area contributed by atoms with Crippen LogP contribution >= 0.6 is 0 Å². The molecular formula is C21H18N4O3S. The Labute approximate surface area is 168 Å². The van der Waals surface area contributed by atoms with Crippen molar-refractivity contribution in [2.45, 2.75) is 18.7 Å². The van der Waals surface area contributed by atoms with E-state index in [1.54, 1.807) is 44.3 Å². The van der Waals surface area contributed by atoms with Crippen molar-refractivity contribution in [1.82, 2.24) is 15.0 Å². The summed E-state index contributed by atoms with van der Waals surface area (Å²) in [7, 11) is -3.89. The summed E-state index contributed by atoms with van der Waals surface area (Å²) in [5.74, 6) is 0.599. The fourth-order valence-corrected chi connectivity index (χ4v) is 4.31. The maximum Gasteiger partial charge on any atom is 0.322 e. The van der Waals surface area contributed by atoms with E-state index >= 15 is 0 Å². The fraction of sp³-hybridized carbons (Fsp3) is 0.0952. The summed E-state index contributed by atoms with van der Waals surface area (Å²) in [6.45, 7) is 3.40. The second-order valence-corrected chi connectivity index (χ2v) is 8.05. The predicted octanol–water partition coefficient (Wildman–Crippen LogP) is 4.23. The lowest BCUT2D eigenvalue weighted by molar-refractivity contribution is 0.439. The zero-order chi connectivity index (χ0) is 20.4. The number of aryl methyl sites for hydroxylation is 2. The normalized spacial score (nSPS) is 11.4. The molecule has 0 aliphatic heterocycles. The molecule has 0 saturated heterocycles. The average Bonchev–Trinajstić information content (AvgIpc) is 2.71. The summed E-state index contributed by atoms with van der Waals surface area (Å²) in [5, 5.41) is 0.742. The van der Waals surface area contributed by atoms with Crippen molar-refractivity contribution < 1.29 is 13.2 Å². The Kier molecular flexibility index (Phi) is 4.85. The van der Waals surface area contributed by atoms with Crippen molar-refractivity contribution in [3.63, 3.8) is 0 Å². The first kappa shape index (κ1) is 18.8. The van der Waals surface area contributed by atoms with Gasteiger partial charge in [-0.3, -0.25) is 9.71 Å². The van der Waals surface area contributed by atoms with Crippen LogP contribution in [-0.2, 0) is 10.0 Å². The molecule has 0 atom stereocenters. The van der Waals surface area contributed by atoms with Crippen LogP contribution < -0.4 is 9.46 Å². The van der Waals surface area contributed by atoms with E-state index in [0.717, 1.165) is 5.39 Å². The van der Waals surface area contributed by atoms with E-state index in [2.05, 4.69) is 19.7 Å². The molecule has 7 nitrogen and oxygen atoms in total. The van der Waals surface area contributed by atoms with E-state index in [1.807, 2.05) is 30.3 Å². The second kappa shape index (κ2) is 7.48. The van der Waals surface area contributed by atoms with E-state index in [1.165, 1.54) is 6.07 Å². The number of nitrogens with zero attached hydrogens (tertiary/aromatic N) is 3. The summed E-state index contributed by atoms with van der Waals surface area (Å²) in [6.07, 6.45) is 1.57. The van der Waals surface area contributed by atoms with Crippen LogP contribution in [0.1, 0.15) is 11.4 Å². The molecule has 8 heteroatoms. The van der Waals surface area contributed by atoms with Gasteiger partial charge in [-0.1, -0.05) is 36.4 Å². The molecule has 4 aromatic rings. The number of pyridine rings is 1. The van der Waals surface area contributed by atoms with Gasteiger partial charge in [0.05, 0.1) is 22.6 Å². The molecule has 2 heterocycles. The van der Waals surface area contributed by atoms with Gasteiger partial charge in [-0.25, -0.2) is 8.42 Å². The van der Waals surface area contributed by atoms with Crippen molar-refractivity contribution in [2.24, 2.45) is 0 Å². The summed E-state index contributed by atoms with van der Waals surface area (Å²) in [5.41, 5.74) is 1.64. The lowest BCUT2D eigenvalue weighted by Gasteiger charge is -2.14. The first-order chi connectivity index (χ1) is 13.9. The Morgan fingerprint density at radius 1 is 0.862 bits per heavy atom. The first-order valence-electron chi connectivity index (χ1n) is 8.89. The summed E-state index contributed by atoms with van der Waals surface area (Å²) < 4.78 is 34.4. The predicted molar refractivity (Wildman–Crippen MR) is 111 cm³/mol. The Hall–Kier alpha value is -3.52. The molecule has 2 aromatic carbocycles. The van der Waals surface area contributed by atoms with Crippen molar-refractivity contribution in [2.75, 3.05) is 4.72 Å². The largest absolute Gasteiger partial charge is 0.424 e. The van der Waals surface area contributed by atoms with Crippen molar-refractivity contribution in [3.05, 3.63) is 78.2 Å². The number of hydrogen-bond acceptors (Lipinski definition) is 6. The Morgan fingerprint density at radius 3 is 2.28 bits per heavy atom. The van der Waals surface area contributed by atoms with E-state index < -0.39 is 10.0 Å². The highest BCUT2D eigenvalue weighted by Gasteiger charge is 2.21. The van der Waals surface area contributed by atoms with Crippen LogP contribution in [0.4, 0.5) is 5.69 Å². The Bertz CT molecular complexity index is 1260. The minimum absolute atomic E-state index is 0.0963. The quantitative estimate of drug-likeness (QED) is 0.533. The van der Waals surface area contributed by atoms with E-state index in [9.17, 15) is 8.42 Å². The number of benzene rings is 2. The maximum absolute atomic E-state index is 13.1. The second-order valence-electron chi connectivity index (χ2n) is 6.40. The standard InChI is InChI=1S/C21H18N4O3S/c1-14-19(15(2)24-21(23-14)28-17-10-4-3-5-11-17)25-29(26,27)18-12-6-8-16-9-7-13-22-20(16)18/h3-13,25H,1-2H3.